The quantitative estimate of drug-likeness (QED) is 0.405. The molecule has 0 radical (unpaired) electrons. The van der Waals surface area contributed by atoms with Crippen molar-refractivity contribution in [2.45, 2.75) is 25.3 Å². The minimum Gasteiger partial charge on any atom is -0.492 e. The molecule has 13 nitrogen and oxygen atoms in total. The Kier molecular flexibility index (Phi) is 7.72. The maximum Gasteiger partial charge on any atom is 0.322 e. The second-order valence-electron chi connectivity index (χ2n) is 9.79. The van der Waals surface area contributed by atoms with Crippen LogP contribution in [0.4, 0.5) is 0 Å². The van der Waals surface area contributed by atoms with Gasteiger partial charge in [0.25, 0.3) is 11.8 Å². The molecule has 1 saturated carbocycles. The summed E-state index contributed by atoms with van der Waals surface area (Å²) in [5, 5.41) is 7.36. The lowest BCUT2D eigenvalue weighted by Crippen LogP contribution is -2.50. The van der Waals surface area contributed by atoms with E-state index >= 15 is 0 Å². The molecule has 0 atom stereocenters. The van der Waals surface area contributed by atoms with Crippen LogP contribution in [0.2, 0.25) is 0 Å². The van der Waals surface area contributed by atoms with Gasteiger partial charge in [-0.3, -0.25) is 14.3 Å². The van der Waals surface area contributed by atoms with Crippen LogP contribution in [0.3, 0.4) is 0 Å². The fourth-order valence-electron chi connectivity index (χ4n) is 4.54. The first-order valence-electron chi connectivity index (χ1n) is 12.9. The molecular formula is C26H31N7O6S. The second kappa shape index (κ2) is 11.2. The monoisotopic (exact) mass is 569 g/mol. The van der Waals surface area contributed by atoms with Crippen molar-refractivity contribution in [2.24, 2.45) is 7.05 Å². The number of ether oxygens (including phenoxy) is 2. The van der Waals surface area contributed by atoms with Gasteiger partial charge in [0, 0.05) is 63.6 Å². The van der Waals surface area contributed by atoms with Crippen LogP contribution in [0.25, 0.3) is 0 Å². The van der Waals surface area contributed by atoms with Gasteiger partial charge in [0.05, 0.1) is 24.6 Å². The average molecular weight is 570 g/mol. The summed E-state index contributed by atoms with van der Waals surface area (Å²) in [4.78, 5) is 35.6. The van der Waals surface area contributed by atoms with E-state index in [1.54, 1.807) is 28.8 Å². The van der Waals surface area contributed by atoms with Gasteiger partial charge in [-0.25, -0.2) is 18.4 Å². The number of aryl methyl sites for hydroxylation is 1. The summed E-state index contributed by atoms with van der Waals surface area (Å²) in [6.45, 7) is 1.25. The lowest BCUT2D eigenvalue weighted by Gasteiger charge is -2.33. The predicted octanol–water partition coefficient (Wildman–Crippen LogP) is 1.54. The molecule has 1 aromatic carbocycles. The van der Waals surface area contributed by atoms with E-state index in [0.717, 1.165) is 24.8 Å². The van der Waals surface area contributed by atoms with E-state index in [2.05, 4.69) is 20.4 Å². The number of para-hydroxylation sites is 1. The zero-order valence-electron chi connectivity index (χ0n) is 22.5. The molecule has 1 N–H and O–H groups in total. The van der Waals surface area contributed by atoms with E-state index in [4.69, 9.17) is 9.47 Å². The van der Waals surface area contributed by atoms with E-state index in [1.807, 2.05) is 12.1 Å². The summed E-state index contributed by atoms with van der Waals surface area (Å²) >= 11 is 0. The summed E-state index contributed by atoms with van der Waals surface area (Å²) in [6.07, 6.45) is 6.11. The van der Waals surface area contributed by atoms with Gasteiger partial charge in [-0.15, -0.1) is 0 Å². The number of piperazine rings is 1. The third-order valence-electron chi connectivity index (χ3n) is 6.90. The first-order chi connectivity index (χ1) is 19.1. The normalized spacial score (nSPS) is 16.0. The molecule has 1 aliphatic heterocycles. The fourth-order valence-corrected chi connectivity index (χ4v) is 5.37. The molecule has 2 amide bonds. The molecule has 14 heteroatoms. The van der Waals surface area contributed by atoms with Crippen molar-refractivity contribution < 1.29 is 27.5 Å². The van der Waals surface area contributed by atoms with Gasteiger partial charge in [-0.1, -0.05) is 12.1 Å². The fraction of sp³-hybridized carbons (Fsp3) is 0.423. The number of methoxy groups -OCH3 is 1. The topological polar surface area (TPSA) is 149 Å². The van der Waals surface area contributed by atoms with E-state index in [-0.39, 0.29) is 56.1 Å². The zero-order valence-corrected chi connectivity index (χ0v) is 23.3. The molecule has 0 unspecified atom stereocenters. The van der Waals surface area contributed by atoms with Gasteiger partial charge in [0.1, 0.15) is 5.69 Å². The molecule has 3 heterocycles. The average Bonchev–Trinajstić information content (AvgIpc) is 3.72. The highest BCUT2D eigenvalue weighted by Crippen LogP contribution is 2.39. The van der Waals surface area contributed by atoms with Gasteiger partial charge >= 0.3 is 6.01 Å². The second-order valence-corrected chi connectivity index (χ2v) is 11.8. The minimum atomic E-state index is -3.29. The lowest BCUT2D eigenvalue weighted by atomic mass is 10.1. The first-order valence-corrected chi connectivity index (χ1v) is 14.7. The maximum absolute atomic E-state index is 12.8. The molecule has 1 saturated heterocycles. The van der Waals surface area contributed by atoms with Crippen molar-refractivity contribution >= 4 is 21.8 Å². The van der Waals surface area contributed by atoms with Crippen LogP contribution >= 0.6 is 0 Å². The van der Waals surface area contributed by atoms with E-state index in [9.17, 15) is 18.0 Å². The SMILES string of the molecule is COc1c(CNC(=O)c2cc(C3CC3)nn2C)cccc1Oc1ncc(C(=O)N2CCN(S(C)(=O)=O)CC2)cn1. The molecule has 5 rings (SSSR count). The molecule has 2 aromatic heterocycles. The molecule has 0 spiro atoms. The molecule has 0 bridgehead atoms. The van der Waals surface area contributed by atoms with Crippen molar-refractivity contribution in [3.63, 3.8) is 0 Å². The third-order valence-corrected chi connectivity index (χ3v) is 8.21. The van der Waals surface area contributed by atoms with Crippen LogP contribution in [-0.4, -0.2) is 88.7 Å². The van der Waals surface area contributed by atoms with E-state index in [1.165, 1.54) is 23.8 Å². The van der Waals surface area contributed by atoms with Gasteiger partial charge in [0.2, 0.25) is 10.0 Å². The molecule has 2 fully saturated rings. The Morgan fingerprint density at radius 1 is 1.10 bits per heavy atom. The Hall–Kier alpha value is -4.04. The van der Waals surface area contributed by atoms with Gasteiger partial charge < -0.3 is 19.7 Å². The summed E-state index contributed by atoms with van der Waals surface area (Å²) in [5.74, 6) is 0.693. The van der Waals surface area contributed by atoms with Crippen molar-refractivity contribution in [1.82, 2.24) is 34.3 Å². The highest BCUT2D eigenvalue weighted by Gasteiger charge is 2.29. The number of carbonyl (C=O) groups is 2. The zero-order chi connectivity index (χ0) is 28.4. The summed E-state index contributed by atoms with van der Waals surface area (Å²) in [5.41, 5.74) is 2.40. The van der Waals surface area contributed by atoms with Crippen molar-refractivity contribution in [1.29, 1.82) is 0 Å². The molecule has 212 valence electrons. The highest BCUT2D eigenvalue weighted by molar-refractivity contribution is 7.88. The van der Waals surface area contributed by atoms with Crippen molar-refractivity contribution in [2.75, 3.05) is 39.5 Å². The number of hydrogen-bond donors (Lipinski definition) is 1. The Morgan fingerprint density at radius 2 is 1.80 bits per heavy atom. The Morgan fingerprint density at radius 3 is 2.42 bits per heavy atom. The standard InChI is InChI=1S/C26H31N7O6S/c1-31-21(13-20(30-31)17-7-8-17)24(34)27-14-18-5-4-6-22(23(18)38-2)39-26-28-15-19(16-29-26)25(35)32-9-11-33(12-10-32)40(3,36)37/h4-6,13,15-17H,7-12,14H2,1-3H3,(H,27,34). The van der Waals surface area contributed by atoms with Crippen molar-refractivity contribution in [3.05, 3.63) is 59.2 Å². The van der Waals surface area contributed by atoms with E-state index in [0.29, 0.717) is 28.7 Å². The Bertz CT molecular complexity index is 1510. The number of aromatic nitrogens is 4. The Labute approximate surface area is 232 Å². The number of nitrogens with zero attached hydrogens (tertiary/aromatic N) is 6. The number of rotatable bonds is 9. The minimum absolute atomic E-state index is 0.0143. The number of amides is 2. The number of hydrogen-bond acceptors (Lipinski definition) is 9. The predicted molar refractivity (Wildman–Crippen MR) is 144 cm³/mol. The summed E-state index contributed by atoms with van der Waals surface area (Å²) in [6, 6.07) is 7.13. The van der Waals surface area contributed by atoms with Crippen molar-refractivity contribution in [3.8, 4) is 17.5 Å². The van der Waals surface area contributed by atoms with Crippen LogP contribution in [0.5, 0.6) is 17.5 Å². The molecule has 2 aliphatic rings. The largest absolute Gasteiger partial charge is 0.492 e. The van der Waals surface area contributed by atoms with Crippen LogP contribution in [0, 0.1) is 0 Å². The molecular weight excluding hydrogens is 538 g/mol. The van der Waals surface area contributed by atoms with Crippen LogP contribution in [0.15, 0.2) is 36.7 Å². The highest BCUT2D eigenvalue weighted by atomic mass is 32.2. The maximum atomic E-state index is 12.8. The first kappa shape index (κ1) is 27.5. The van der Waals surface area contributed by atoms with Crippen LogP contribution in [-0.2, 0) is 23.6 Å². The van der Waals surface area contributed by atoms with Gasteiger partial charge in [-0.05, 0) is 25.0 Å². The van der Waals surface area contributed by atoms with Crippen LogP contribution in [0.1, 0.15) is 50.9 Å². The smallest absolute Gasteiger partial charge is 0.322 e. The molecule has 3 aromatic rings. The lowest BCUT2D eigenvalue weighted by molar-refractivity contribution is 0.0697. The third kappa shape index (κ3) is 6.07. The van der Waals surface area contributed by atoms with E-state index < -0.39 is 10.0 Å². The molecule has 40 heavy (non-hydrogen) atoms. The summed E-state index contributed by atoms with van der Waals surface area (Å²) < 4.78 is 37.8. The van der Waals surface area contributed by atoms with Gasteiger partial charge in [-0.2, -0.15) is 9.40 Å². The summed E-state index contributed by atoms with van der Waals surface area (Å²) in [7, 11) is -0.0265. The Balaban J connectivity index is 1.21. The van der Waals surface area contributed by atoms with Gasteiger partial charge in [0.15, 0.2) is 11.5 Å². The molecule has 1 aliphatic carbocycles. The number of sulfonamides is 1. The number of nitrogens with one attached hydrogen (secondary N) is 1. The van der Waals surface area contributed by atoms with Crippen LogP contribution < -0.4 is 14.8 Å². The number of benzene rings is 1. The number of carbonyl (C=O) groups excluding carboxylic acids is 2.